The smallest absolute Gasteiger partial charge is 0.252 e. The van der Waals surface area contributed by atoms with Crippen molar-refractivity contribution in [1.82, 2.24) is 5.43 Å². The van der Waals surface area contributed by atoms with Crippen LogP contribution in [0.15, 0.2) is 71.8 Å². The zero-order valence-corrected chi connectivity index (χ0v) is 16.1. The third-order valence-electron chi connectivity index (χ3n) is 4.76. The van der Waals surface area contributed by atoms with Gasteiger partial charge in [-0.15, -0.1) is 0 Å². The molecule has 4 rings (SSSR count). The van der Waals surface area contributed by atoms with Crippen molar-refractivity contribution in [3.05, 3.63) is 83.4 Å². The van der Waals surface area contributed by atoms with Crippen LogP contribution in [0.2, 0.25) is 0 Å². The fraction of sp³-hybridized carbons (Fsp3) is 0.130. The highest BCUT2D eigenvalue weighted by atomic mass is 16.5. The quantitative estimate of drug-likeness (QED) is 0.528. The second-order valence-electron chi connectivity index (χ2n) is 6.45. The van der Waals surface area contributed by atoms with Crippen LogP contribution in [0.25, 0.3) is 0 Å². The van der Waals surface area contributed by atoms with Crippen LogP contribution in [0, 0.1) is 0 Å². The van der Waals surface area contributed by atoms with E-state index in [0.717, 1.165) is 16.7 Å². The second kappa shape index (κ2) is 8.06. The highest BCUT2D eigenvalue weighted by Gasteiger charge is 2.32. The summed E-state index contributed by atoms with van der Waals surface area (Å²) in [6.07, 6.45) is 1.55. The molecule has 1 amide bonds. The lowest BCUT2D eigenvalue weighted by molar-refractivity contribution is -0.121. The summed E-state index contributed by atoms with van der Waals surface area (Å²) in [5.74, 6) is 1.88. The Labute approximate surface area is 168 Å². The molecule has 1 aliphatic rings. The molecule has 0 unspecified atom stereocenters. The molecule has 6 heteroatoms. The number of fused-ring (bicyclic) bond motifs is 2. The number of nitrogens with zero attached hydrogens (tertiary/aromatic N) is 1. The van der Waals surface area contributed by atoms with Gasteiger partial charge in [0.1, 0.15) is 23.0 Å². The number of rotatable bonds is 5. The fourth-order valence-corrected chi connectivity index (χ4v) is 3.35. The Morgan fingerprint density at radius 1 is 0.966 bits per heavy atom. The normalized spacial score (nSPS) is 12.6. The maximum absolute atomic E-state index is 13.0. The number of benzene rings is 3. The standard InChI is InChI=1S/C23H20N2O4/c1-27-16-12-11-15(21(13-16)28-2)14-24-25-23(26)22-17-7-3-5-9-19(17)29-20-10-6-4-8-18(20)22/h3-14,22H,1-2H3,(H,25,26). The van der Waals surface area contributed by atoms with Gasteiger partial charge in [-0.25, -0.2) is 5.43 Å². The maximum Gasteiger partial charge on any atom is 0.252 e. The van der Waals surface area contributed by atoms with Crippen LogP contribution in [-0.2, 0) is 4.79 Å². The molecule has 0 radical (unpaired) electrons. The number of carbonyl (C=O) groups is 1. The number of hydrazone groups is 1. The number of methoxy groups -OCH3 is 2. The second-order valence-corrected chi connectivity index (χ2v) is 6.45. The molecule has 1 aliphatic heterocycles. The van der Waals surface area contributed by atoms with E-state index < -0.39 is 5.92 Å². The predicted octanol–water partition coefficient (Wildman–Crippen LogP) is 4.09. The van der Waals surface area contributed by atoms with Crippen molar-refractivity contribution in [2.24, 2.45) is 5.10 Å². The van der Waals surface area contributed by atoms with Gasteiger partial charge in [0.2, 0.25) is 0 Å². The van der Waals surface area contributed by atoms with Crippen molar-refractivity contribution >= 4 is 12.1 Å². The summed E-state index contributed by atoms with van der Waals surface area (Å²) < 4.78 is 16.5. The van der Waals surface area contributed by atoms with Gasteiger partial charge in [0.25, 0.3) is 5.91 Å². The zero-order chi connectivity index (χ0) is 20.2. The molecular weight excluding hydrogens is 368 g/mol. The maximum atomic E-state index is 13.0. The minimum absolute atomic E-state index is 0.239. The van der Waals surface area contributed by atoms with E-state index in [1.807, 2.05) is 54.6 Å². The number of carbonyl (C=O) groups excluding carboxylic acids is 1. The Hall–Kier alpha value is -3.80. The third-order valence-corrected chi connectivity index (χ3v) is 4.76. The topological polar surface area (TPSA) is 69.2 Å². The number of hydrogen-bond donors (Lipinski definition) is 1. The SMILES string of the molecule is COc1ccc(C=NNC(=O)C2c3ccccc3Oc3ccccc32)c(OC)c1. The van der Waals surface area contributed by atoms with Crippen LogP contribution in [-0.4, -0.2) is 26.3 Å². The summed E-state index contributed by atoms with van der Waals surface area (Å²) >= 11 is 0. The molecule has 6 nitrogen and oxygen atoms in total. The van der Waals surface area contributed by atoms with Crippen LogP contribution in [0.5, 0.6) is 23.0 Å². The Morgan fingerprint density at radius 2 is 1.62 bits per heavy atom. The number of hydrogen-bond acceptors (Lipinski definition) is 5. The van der Waals surface area contributed by atoms with E-state index in [-0.39, 0.29) is 5.91 Å². The number of para-hydroxylation sites is 2. The van der Waals surface area contributed by atoms with E-state index >= 15 is 0 Å². The summed E-state index contributed by atoms with van der Waals surface area (Å²) in [6, 6.07) is 20.4. The molecule has 146 valence electrons. The van der Waals surface area contributed by atoms with E-state index in [4.69, 9.17) is 14.2 Å². The van der Waals surface area contributed by atoms with Gasteiger partial charge < -0.3 is 14.2 Å². The number of amides is 1. The van der Waals surface area contributed by atoms with E-state index in [2.05, 4.69) is 10.5 Å². The molecule has 0 saturated heterocycles. The lowest BCUT2D eigenvalue weighted by Crippen LogP contribution is -2.28. The Kier molecular flexibility index (Phi) is 5.16. The highest BCUT2D eigenvalue weighted by Crippen LogP contribution is 2.43. The molecular formula is C23H20N2O4. The van der Waals surface area contributed by atoms with Gasteiger partial charge in [-0.2, -0.15) is 5.10 Å². The fourth-order valence-electron chi connectivity index (χ4n) is 3.35. The number of ether oxygens (including phenoxy) is 3. The zero-order valence-electron chi connectivity index (χ0n) is 16.1. The summed E-state index contributed by atoms with van der Waals surface area (Å²) in [5, 5.41) is 4.14. The molecule has 0 aliphatic carbocycles. The van der Waals surface area contributed by atoms with E-state index in [1.54, 1.807) is 32.6 Å². The summed E-state index contributed by atoms with van der Waals surface area (Å²) in [5.41, 5.74) is 4.99. The first kappa shape index (κ1) is 18.6. The molecule has 1 N–H and O–H groups in total. The first-order valence-corrected chi connectivity index (χ1v) is 9.12. The van der Waals surface area contributed by atoms with Crippen LogP contribution < -0.4 is 19.6 Å². The van der Waals surface area contributed by atoms with Crippen LogP contribution in [0.3, 0.4) is 0 Å². The van der Waals surface area contributed by atoms with Crippen molar-refractivity contribution in [3.63, 3.8) is 0 Å². The molecule has 0 spiro atoms. The van der Waals surface area contributed by atoms with Crippen molar-refractivity contribution in [3.8, 4) is 23.0 Å². The van der Waals surface area contributed by atoms with Crippen LogP contribution in [0.4, 0.5) is 0 Å². The summed E-state index contributed by atoms with van der Waals surface area (Å²) in [4.78, 5) is 13.0. The Bertz CT molecular complexity index is 1030. The highest BCUT2D eigenvalue weighted by molar-refractivity contribution is 5.91. The predicted molar refractivity (Wildman–Crippen MR) is 110 cm³/mol. The van der Waals surface area contributed by atoms with Gasteiger partial charge in [-0.3, -0.25) is 4.79 Å². The minimum atomic E-state index is -0.508. The minimum Gasteiger partial charge on any atom is -0.497 e. The van der Waals surface area contributed by atoms with Crippen molar-refractivity contribution in [2.45, 2.75) is 5.92 Å². The van der Waals surface area contributed by atoms with E-state index in [0.29, 0.717) is 23.0 Å². The van der Waals surface area contributed by atoms with Gasteiger partial charge in [0.05, 0.1) is 26.4 Å². The molecule has 1 heterocycles. The van der Waals surface area contributed by atoms with Gasteiger partial charge in [-0.05, 0) is 24.3 Å². The molecule has 3 aromatic carbocycles. The van der Waals surface area contributed by atoms with Crippen molar-refractivity contribution in [2.75, 3.05) is 14.2 Å². The summed E-state index contributed by atoms with van der Waals surface area (Å²) in [6.45, 7) is 0. The van der Waals surface area contributed by atoms with Crippen molar-refractivity contribution < 1.29 is 19.0 Å². The first-order valence-electron chi connectivity index (χ1n) is 9.12. The number of nitrogens with one attached hydrogen (secondary N) is 1. The molecule has 0 fully saturated rings. The van der Waals surface area contributed by atoms with Crippen LogP contribution >= 0.6 is 0 Å². The lowest BCUT2D eigenvalue weighted by Gasteiger charge is -2.26. The molecule has 0 saturated carbocycles. The average molecular weight is 388 g/mol. The Balaban J connectivity index is 1.59. The largest absolute Gasteiger partial charge is 0.497 e. The molecule has 3 aromatic rings. The van der Waals surface area contributed by atoms with Crippen molar-refractivity contribution in [1.29, 1.82) is 0 Å². The van der Waals surface area contributed by atoms with E-state index in [1.165, 1.54) is 0 Å². The summed E-state index contributed by atoms with van der Waals surface area (Å²) in [7, 11) is 3.16. The Morgan fingerprint density at radius 3 is 2.24 bits per heavy atom. The van der Waals surface area contributed by atoms with E-state index in [9.17, 15) is 4.79 Å². The molecule has 0 bridgehead atoms. The molecule has 0 atom stereocenters. The van der Waals surface area contributed by atoms with Gasteiger partial charge in [-0.1, -0.05) is 36.4 Å². The third kappa shape index (κ3) is 3.65. The lowest BCUT2D eigenvalue weighted by atomic mass is 9.87. The van der Waals surface area contributed by atoms with Gasteiger partial charge >= 0.3 is 0 Å². The first-order chi connectivity index (χ1) is 14.2. The monoisotopic (exact) mass is 388 g/mol. The molecule has 29 heavy (non-hydrogen) atoms. The van der Waals surface area contributed by atoms with Gasteiger partial charge in [0.15, 0.2) is 0 Å². The molecule has 0 aromatic heterocycles. The average Bonchev–Trinajstić information content (AvgIpc) is 2.77. The van der Waals surface area contributed by atoms with Crippen LogP contribution in [0.1, 0.15) is 22.6 Å². The van der Waals surface area contributed by atoms with Gasteiger partial charge in [0, 0.05) is 22.8 Å².